The summed E-state index contributed by atoms with van der Waals surface area (Å²) in [6.45, 7) is 9.20. The highest BCUT2D eigenvalue weighted by atomic mass is 79.9. The van der Waals surface area contributed by atoms with Gasteiger partial charge in [0.25, 0.3) is 0 Å². The molecule has 106 valence electrons. The maximum atomic E-state index is 3.62. The average molecular weight is 326 g/mol. The topological polar surface area (TPSA) is 18.5 Å². The fraction of sp³-hybridized carbons (Fsp3) is 0.600. The maximum Gasteiger partial charge on any atom is 0.0303 e. The van der Waals surface area contributed by atoms with E-state index in [1.54, 1.807) is 0 Å². The van der Waals surface area contributed by atoms with Crippen molar-refractivity contribution in [2.24, 2.45) is 0 Å². The molecule has 0 radical (unpaired) electrons. The van der Waals surface area contributed by atoms with Crippen LogP contribution in [0.1, 0.15) is 18.5 Å². The lowest BCUT2D eigenvalue weighted by molar-refractivity contribution is 0.154. The molecule has 3 nitrogen and oxygen atoms in total. The van der Waals surface area contributed by atoms with Gasteiger partial charge in [-0.2, -0.15) is 0 Å². The molecule has 19 heavy (non-hydrogen) atoms. The van der Waals surface area contributed by atoms with E-state index >= 15 is 0 Å². The second-order valence-electron chi connectivity index (χ2n) is 5.34. The van der Waals surface area contributed by atoms with Crippen molar-refractivity contribution in [3.63, 3.8) is 0 Å². The zero-order valence-electron chi connectivity index (χ0n) is 11.9. The monoisotopic (exact) mass is 325 g/mol. The molecular formula is C15H24BrN3. The Balaban J connectivity index is 1.72. The Kier molecular flexibility index (Phi) is 5.82. The highest BCUT2D eigenvalue weighted by Crippen LogP contribution is 2.22. The van der Waals surface area contributed by atoms with Crippen LogP contribution in [0.25, 0.3) is 0 Å². The Morgan fingerprint density at radius 2 is 1.89 bits per heavy atom. The highest BCUT2D eigenvalue weighted by molar-refractivity contribution is 9.10. The van der Waals surface area contributed by atoms with Gasteiger partial charge in [-0.1, -0.05) is 34.1 Å². The van der Waals surface area contributed by atoms with Crippen molar-refractivity contribution in [3.05, 3.63) is 34.3 Å². The van der Waals surface area contributed by atoms with Crippen molar-refractivity contribution >= 4 is 15.9 Å². The molecule has 0 unspecified atom stereocenters. The summed E-state index contributed by atoms with van der Waals surface area (Å²) in [5.74, 6) is 0. The van der Waals surface area contributed by atoms with Crippen LogP contribution >= 0.6 is 15.9 Å². The lowest BCUT2D eigenvalue weighted by atomic mass is 10.1. The molecule has 1 atom stereocenters. The zero-order valence-corrected chi connectivity index (χ0v) is 13.5. The molecule has 1 aliphatic rings. The third-order valence-corrected chi connectivity index (χ3v) is 4.57. The van der Waals surface area contributed by atoms with Crippen molar-refractivity contribution in [2.75, 3.05) is 46.3 Å². The van der Waals surface area contributed by atoms with Gasteiger partial charge in [0.05, 0.1) is 0 Å². The fourth-order valence-corrected chi connectivity index (χ4v) is 3.08. The first kappa shape index (κ1) is 15.0. The number of hydrogen-bond donors (Lipinski definition) is 1. The maximum absolute atomic E-state index is 3.62. The summed E-state index contributed by atoms with van der Waals surface area (Å²) in [4.78, 5) is 4.94. The molecule has 1 N–H and O–H groups in total. The molecule has 1 aromatic rings. The van der Waals surface area contributed by atoms with E-state index in [-0.39, 0.29) is 0 Å². The van der Waals surface area contributed by atoms with Crippen LogP contribution in [0.4, 0.5) is 0 Å². The number of likely N-dealkylation sites (N-methyl/N-ethyl adjacent to an activating group) is 1. The molecule has 4 heteroatoms. The molecule has 0 saturated carbocycles. The molecule has 0 amide bonds. The van der Waals surface area contributed by atoms with Gasteiger partial charge in [0.1, 0.15) is 0 Å². The Hall–Kier alpha value is -0.420. The minimum absolute atomic E-state index is 0.392. The van der Waals surface area contributed by atoms with E-state index in [1.165, 1.54) is 36.2 Å². The number of hydrogen-bond acceptors (Lipinski definition) is 3. The van der Waals surface area contributed by atoms with E-state index in [1.807, 2.05) is 0 Å². The van der Waals surface area contributed by atoms with Crippen LogP contribution in [0, 0.1) is 0 Å². The highest BCUT2D eigenvalue weighted by Gasteiger charge is 2.14. The molecule has 0 bridgehead atoms. The molecular weight excluding hydrogens is 302 g/mol. The standard InChI is InChI=1S/C15H24BrN3/c1-13(14-5-3-4-6-15(14)16)17-7-8-19-11-9-18(2)10-12-19/h3-6,13,17H,7-12H2,1-2H3/t13-/m1/s1. The van der Waals surface area contributed by atoms with E-state index < -0.39 is 0 Å². The molecule has 0 spiro atoms. The minimum Gasteiger partial charge on any atom is -0.309 e. The molecule has 2 rings (SSSR count). The van der Waals surface area contributed by atoms with Crippen LogP contribution < -0.4 is 5.32 Å². The summed E-state index contributed by atoms with van der Waals surface area (Å²) in [6, 6.07) is 8.83. The smallest absolute Gasteiger partial charge is 0.0303 e. The second kappa shape index (κ2) is 7.39. The van der Waals surface area contributed by atoms with Gasteiger partial charge in [-0.25, -0.2) is 0 Å². The molecule has 0 aromatic heterocycles. The first-order chi connectivity index (χ1) is 9.16. The zero-order chi connectivity index (χ0) is 13.7. The van der Waals surface area contributed by atoms with Crippen molar-refractivity contribution in [1.29, 1.82) is 0 Å². The number of halogens is 1. The molecule has 1 aliphatic heterocycles. The van der Waals surface area contributed by atoms with Crippen LogP contribution in [0.3, 0.4) is 0 Å². The Labute approximate surface area is 125 Å². The normalized spacial score (nSPS) is 19.5. The third kappa shape index (κ3) is 4.56. The van der Waals surface area contributed by atoms with E-state index in [2.05, 4.69) is 69.3 Å². The van der Waals surface area contributed by atoms with Crippen LogP contribution in [-0.4, -0.2) is 56.1 Å². The number of nitrogens with zero attached hydrogens (tertiary/aromatic N) is 2. The van der Waals surface area contributed by atoms with Gasteiger partial charge in [0.15, 0.2) is 0 Å². The number of nitrogens with one attached hydrogen (secondary N) is 1. The quantitative estimate of drug-likeness (QED) is 0.896. The number of benzene rings is 1. The SMILES string of the molecule is C[C@@H](NCCN1CCN(C)CC1)c1ccccc1Br. The van der Waals surface area contributed by atoms with E-state index in [0.717, 1.165) is 13.1 Å². The van der Waals surface area contributed by atoms with Crippen LogP contribution in [-0.2, 0) is 0 Å². The summed E-state index contributed by atoms with van der Waals surface area (Å²) >= 11 is 3.62. The molecule has 0 aliphatic carbocycles. The predicted molar refractivity (Wildman–Crippen MR) is 84.5 cm³/mol. The van der Waals surface area contributed by atoms with Gasteiger partial charge >= 0.3 is 0 Å². The number of rotatable bonds is 5. The fourth-order valence-electron chi connectivity index (χ4n) is 2.45. The summed E-state index contributed by atoms with van der Waals surface area (Å²) in [6.07, 6.45) is 0. The van der Waals surface area contributed by atoms with Crippen LogP contribution in [0.5, 0.6) is 0 Å². The van der Waals surface area contributed by atoms with Gasteiger partial charge in [-0.05, 0) is 25.6 Å². The van der Waals surface area contributed by atoms with E-state index in [9.17, 15) is 0 Å². The van der Waals surface area contributed by atoms with Gasteiger partial charge in [-0.15, -0.1) is 0 Å². The van der Waals surface area contributed by atoms with Crippen LogP contribution in [0.15, 0.2) is 28.7 Å². The van der Waals surface area contributed by atoms with Gasteiger partial charge < -0.3 is 10.2 Å². The summed E-state index contributed by atoms with van der Waals surface area (Å²) < 4.78 is 1.19. The summed E-state index contributed by atoms with van der Waals surface area (Å²) in [5.41, 5.74) is 1.33. The van der Waals surface area contributed by atoms with Gasteiger partial charge in [0, 0.05) is 49.8 Å². The van der Waals surface area contributed by atoms with E-state index in [0.29, 0.717) is 6.04 Å². The first-order valence-corrected chi connectivity index (χ1v) is 7.85. The summed E-state index contributed by atoms with van der Waals surface area (Å²) in [5, 5.41) is 3.61. The second-order valence-corrected chi connectivity index (χ2v) is 6.20. The molecule has 1 heterocycles. The lowest BCUT2D eigenvalue weighted by Crippen LogP contribution is -2.46. The molecule has 1 aromatic carbocycles. The first-order valence-electron chi connectivity index (χ1n) is 7.05. The van der Waals surface area contributed by atoms with Gasteiger partial charge in [-0.3, -0.25) is 4.90 Å². The third-order valence-electron chi connectivity index (χ3n) is 3.85. The Morgan fingerprint density at radius 1 is 1.21 bits per heavy atom. The van der Waals surface area contributed by atoms with Crippen molar-refractivity contribution in [2.45, 2.75) is 13.0 Å². The minimum atomic E-state index is 0.392. The van der Waals surface area contributed by atoms with Crippen molar-refractivity contribution in [1.82, 2.24) is 15.1 Å². The summed E-state index contributed by atoms with van der Waals surface area (Å²) in [7, 11) is 2.20. The largest absolute Gasteiger partial charge is 0.309 e. The lowest BCUT2D eigenvalue weighted by Gasteiger charge is -2.32. The average Bonchev–Trinajstić information content (AvgIpc) is 2.41. The number of piperazine rings is 1. The predicted octanol–water partition coefficient (Wildman–Crippen LogP) is 2.35. The molecule has 1 fully saturated rings. The van der Waals surface area contributed by atoms with Crippen molar-refractivity contribution < 1.29 is 0 Å². The van der Waals surface area contributed by atoms with Crippen molar-refractivity contribution in [3.8, 4) is 0 Å². The van der Waals surface area contributed by atoms with E-state index in [4.69, 9.17) is 0 Å². The van der Waals surface area contributed by atoms with Crippen LogP contribution in [0.2, 0.25) is 0 Å². The van der Waals surface area contributed by atoms with Gasteiger partial charge in [0.2, 0.25) is 0 Å². The Bertz CT molecular complexity index is 389. The Morgan fingerprint density at radius 3 is 2.58 bits per heavy atom. The molecule has 1 saturated heterocycles.